The normalized spacial score (nSPS) is 9.60. The zero-order chi connectivity index (χ0) is 4.28. The van der Waals surface area contributed by atoms with Gasteiger partial charge >= 0.3 is 58.7 Å². The van der Waals surface area contributed by atoms with E-state index in [-0.39, 0.29) is 0 Å². The van der Waals surface area contributed by atoms with E-state index in [4.69, 9.17) is 0 Å². The van der Waals surface area contributed by atoms with E-state index in [0.29, 0.717) is 4.58 Å². The van der Waals surface area contributed by atoms with Crippen LogP contribution in [0.3, 0.4) is 0 Å². The van der Waals surface area contributed by atoms with Gasteiger partial charge in [-0.05, 0) is 0 Å². The Bertz CT molecular complexity index is 21.6. The molecule has 0 atom stereocenters. The van der Waals surface area contributed by atoms with E-state index < -0.39 is 0 Å². The molecule has 0 aromatic rings. The Morgan fingerprint density at radius 3 is 1.80 bits per heavy atom. The number of hydrogen-bond acceptors (Lipinski definition) is 2. The average Bonchev–Trinajstić information content (AvgIpc) is 1.38. The molecule has 32 valence electrons. The summed E-state index contributed by atoms with van der Waals surface area (Å²) in [6, 6.07) is 0. The van der Waals surface area contributed by atoms with Crippen LogP contribution in [0.5, 0.6) is 0 Å². The fourth-order valence-corrected chi connectivity index (χ4v) is 0. The third-order valence-electron chi connectivity index (χ3n) is 0.211. The molecule has 0 bridgehead atoms. The second-order valence-corrected chi connectivity index (χ2v) is 4.20. The van der Waals surface area contributed by atoms with Crippen LogP contribution < -0.4 is 0 Å². The van der Waals surface area contributed by atoms with Gasteiger partial charge in [0.05, 0.1) is 0 Å². The molecule has 0 rings (SSSR count). The zero-order valence-electron chi connectivity index (χ0n) is 2.76. The molecule has 0 spiro atoms. The molecule has 0 nitrogen and oxygen atoms in total. The number of rotatable bonds is 1. The molecule has 0 aromatic carbocycles. The molecule has 0 unspecified atom stereocenters. The SMILES string of the molecule is SC(S)[CH2][BiH2]. The molecule has 0 fully saturated rings. The summed E-state index contributed by atoms with van der Waals surface area (Å²) in [5.74, 6) is 0. The minimum absolute atomic E-state index is 0.347. The van der Waals surface area contributed by atoms with Crippen molar-refractivity contribution in [2.24, 2.45) is 0 Å². The first-order valence-corrected chi connectivity index (χ1v) is 5.54. The van der Waals surface area contributed by atoms with Crippen LogP contribution in [0.1, 0.15) is 0 Å². The van der Waals surface area contributed by atoms with Gasteiger partial charge in [0.15, 0.2) is 0 Å². The average molecular weight is 304 g/mol. The van der Waals surface area contributed by atoms with E-state index in [1.807, 2.05) is 0 Å². The molecule has 0 aliphatic rings. The molecular formula is C2H7BiS2. The summed E-state index contributed by atoms with van der Waals surface area (Å²) in [6.07, 6.45) is 0. The van der Waals surface area contributed by atoms with Crippen LogP contribution in [-0.4, -0.2) is 29.3 Å². The Morgan fingerprint density at radius 2 is 1.80 bits per heavy atom. The second kappa shape index (κ2) is 3.76. The van der Waals surface area contributed by atoms with Crippen molar-refractivity contribution in [2.45, 2.75) is 8.71 Å². The van der Waals surface area contributed by atoms with Gasteiger partial charge in [0.1, 0.15) is 0 Å². The van der Waals surface area contributed by atoms with Crippen molar-refractivity contribution in [3.05, 3.63) is 0 Å². The van der Waals surface area contributed by atoms with Crippen molar-refractivity contribution in [3.63, 3.8) is 0 Å². The van der Waals surface area contributed by atoms with Gasteiger partial charge in [0, 0.05) is 0 Å². The Labute approximate surface area is 58.4 Å². The Kier molecular flexibility index (Phi) is 4.95. The molecule has 0 saturated carbocycles. The molecule has 0 aliphatic heterocycles. The fraction of sp³-hybridized carbons (Fsp3) is 1.00. The van der Waals surface area contributed by atoms with Crippen LogP contribution in [0.2, 0.25) is 4.13 Å². The topological polar surface area (TPSA) is 0 Å². The minimum atomic E-state index is 0.347. The monoisotopic (exact) mass is 304 g/mol. The van der Waals surface area contributed by atoms with E-state index in [0.717, 1.165) is 24.7 Å². The van der Waals surface area contributed by atoms with Crippen molar-refractivity contribution in [1.29, 1.82) is 0 Å². The van der Waals surface area contributed by atoms with E-state index in [9.17, 15) is 0 Å². The van der Waals surface area contributed by atoms with E-state index in [1.165, 1.54) is 4.13 Å². The van der Waals surface area contributed by atoms with E-state index in [1.54, 1.807) is 0 Å². The third-order valence-corrected chi connectivity index (χ3v) is 5.55. The molecule has 0 saturated heterocycles. The molecular weight excluding hydrogens is 297 g/mol. The van der Waals surface area contributed by atoms with Gasteiger partial charge in [0.2, 0.25) is 0 Å². The van der Waals surface area contributed by atoms with Crippen molar-refractivity contribution >= 4 is 50.0 Å². The van der Waals surface area contributed by atoms with E-state index >= 15 is 0 Å². The number of hydrogen-bond donors (Lipinski definition) is 2. The predicted molar refractivity (Wildman–Crippen MR) is 35.1 cm³/mol. The maximum atomic E-state index is 4.00. The standard InChI is InChI=1S/C2H5S2.Bi.2H/c1-2(3)4;;;/h2-4H,1H2;;;. The molecule has 0 heterocycles. The Morgan fingerprint density at radius 1 is 1.60 bits per heavy atom. The van der Waals surface area contributed by atoms with Crippen LogP contribution >= 0.6 is 25.3 Å². The predicted octanol–water partition coefficient (Wildman–Crippen LogP) is 0.223. The molecule has 3 heteroatoms. The molecule has 0 radical (unpaired) electrons. The summed E-state index contributed by atoms with van der Waals surface area (Å²) < 4.78 is 1.55. The molecule has 5 heavy (non-hydrogen) atoms. The molecule has 0 amide bonds. The van der Waals surface area contributed by atoms with Crippen molar-refractivity contribution in [3.8, 4) is 0 Å². The first kappa shape index (κ1) is 6.58. The fourth-order valence-electron chi connectivity index (χ4n) is 0. The van der Waals surface area contributed by atoms with E-state index in [2.05, 4.69) is 25.3 Å². The van der Waals surface area contributed by atoms with Crippen molar-refractivity contribution < 1.29 is 0 Å². The zero-order valence-corrected chi connectivity index (χ0v) is 9.03. The van der Waals surface area contributed by atoms with Gasteiger partial charge in [-0.25, -0.2) is 0 Å². The van der Waals surface area contributed by atoms with Crippen LogP contribution in [-0.2, 0) is 0 Å². The molecule has 0 aromatic heterocycles. The van der Waals surface area contributed by atoms with Crippen LogP contribution in [0, 0.1) is 0 Å². The van der Waals surface area contributed by atoms with Crippen molar-refractivity contribution in [1.82, 2.24) is 0 Å². The Balaban J connectivity index is 2.54. The van der Waals surface area contributed by atoms with Gasteiger partial charge in [-0.1, -0.05) is 0 Å². The van der Waals surface area contributed by atoms with Gasteiger partial charge < -0.3 is 0 Å². The van der Waals surface area contributed by atoms with Crippen molar-refractivity contribution in [2.75, 3.05) is 0 Å². The summed E-state index contributed by atoms with van der Waals surface area (Å²) in [6.45, 7) is 0. The van der Waals surface area contributed by atoms with Gasteiger partial charge in [0.25, 0.3) is 0 Å². The summed E-state index contributed by atoms with van der Waals surface area (Å²) in [5, 5.41) is 0. The van der Waals surface area contributed by atoms with Crippen LogP contribution in [0.4, 0.5) is 0 Å². The third kappa shape index (κ3) is 5.58. The maximum absolute atomic E-state index is 4.00. The van der Waals surface area contributed by atoms with Gasteiger partial charge in [-0.3, -0.25) is 0 Å². The number of thiol groups is 2. The van der Waals surface area contributed by atoms with Crippen LogP contribution in [0.15, 0.2) is 0 Å². The first-order chi connectivity index (χ1) is 2.27. The second-order valence-electron chi connectivity index (χ2n) is 0.716. The summed E-state index contributed by atoms with van der Waals surface area (Å²) in [4.78, 5) is 0. The van der Waals surface area contributed by atoms with Crippen LogP contribution in [0.25, 0.3) is 0 Å². The summed E-state index contributed by atoms with van der Waals surface area (Å²) >= 11 is 9.06. The summed E-state index contributed by atoms with van der Waals surface area (Å²) in [5.41, 5.74) is 0. The molecule has 0 N–H and O–H groups in total. The Hall–Kier alpha value is 1.58. The van der Waals surface area contributed by atoms with Gasteiger partial charge in [-0.2, -0.15) is 0 Å². The first-order valence-electron chi connectivity index (χ1n) is 1.33. The quantitative estimate of drug-likeness (QED) is 0.387. The van der Waals surface area contributed by atoms with Gasteiger partial charge in [-0.15, -0.1) is 0 Å². The summed E-state index contributed by atoms with van der Waals surface area (Å²) in [7, 11) is 0. The molecule has 0 aliphatic carbocycles.